The Balaban J connectivity index is 2.10. The second kappa shape index (κ2) is 4.87. The largest absolute Gasteiger partial charge is 0.495 e. The van der Waals surface area contributed by atoms with Crippen LogP contribution in [0.15, 0.2) is 23.6 Å². The molecular weight excluding hydrogens is 284 g/mol. The molecule has 0 N–H and O–H groups in total. The summed E-state index contributed by atoms with van der Waals surface area (Å²) in [4.78, 5) is 13.2. The Morgan fingerprint density at radius 3 is 3.11 bits per heavy atom. The van der Waals surface area contributed by atoms with Gasteiger partial charge in [0, 0.05) is 11.4 Å². The van der Waals surface area contributed by atoms with Gasteiger partial charge in [-0.15, -0.1) is 11.3 Å². The van der Waals surface area contributed by atoms with E-state index >= 15 is 0 Å². The number of rotatable bonds is 3. The fourth-order valence-corrected chi connectivity index (χ4v) is 3.24. The Hall–Kier alpha value is -1.52. The van der Waals surface area contributed by atoms with E-state index in [2.05, 4.69) is 0 Å². The molecule has 19 heavy (non-hydrogen) atoms. The number of carbonyl (C=O) groups excluding carboxylic acids is 1. The minimum absolute atomic E-state index is 0.104. The number of fused-ring (bicyclic) bond motifs is 1. The smallest absolute Gasteiger partial charge is 0.210 e. The summed E-state index contributed by atoms with van der Waals surface area (Å²) in [5, 5.41) is 2.39. The zero-order valence-corrected chi connectivity index (χ0v) is 11.8. The number of benzene rings is 1. The van der Waals surface area contributed by atoms with Crippen molar-refractivity contribution in [3.8, 4) is 11.5 Å². The third-order valence-electron chi connectivity index (χ3n) is 3.05. The van der Waals surface area contributed by atoms with Gasteiger partial charge in [0.25, 0.3) is 0 Å². The number of ketones is 1. The Morgan fingerprint density at radius 2 is 2.32 bits per heavy atom. The van der Waals surface area contributed by atoms with Crippen LogP contribution >= 0.6 is 22.9 Å². The van der Waals surface area contributed by atoms with Crippen molar-refractivity contribution in [2.45, 2.75) is 6.42 Å². The highest BCUT2D eigenvalue weighted by molar-refractivity contribution is 7.12. The first-order valence-electron chi connectivity index (χ1n) is 5.82. The van der Waals surface area contributed by atoms with E-state index in [0.29, 0.717) is 33.6 Å². The summed E-state index contributed by atoms with van der Waals surface area (Å²) >= 11 is 7.43. The van der Waals surface area contributed by atoms with Crippen LogP contribution in [-0.2, 0) is 6.42 Å². The topological polar surface area (TPSA) is 35.5 Å². The second-order valence-electron chi connectivity index (χ2n) is 4.19. The number of thiophene rings is 1. The summed E-state index contributed by atoms with van der Waals surface area (Å²) in [7, 11) is 1.55. The molecule has 0 radical (unpaired) electrons. The van der Waals surface area contributed by atoms with Crippen LogP contribution in [0.5, 0.6) is 11.5 Å². The zero-order chi connectivity index (χ0) is 13.4. The van der Waals surface area contributed by atoms with Gasteiger partial charge in [0.2, 0.25) is 5.78 Å². The molecular formula is C14H11ClO3S. The molecule has 0 fully saturated rings. The number of halogens is 1. The molecule has 1 aromatic heterocycles. The Kier molecular flexibility index (Phi) is 3.21. The lowest BCUT2D eigenvalue weighted by atomic mass is 10.0. The van der Waals surface area contributed by atoms with Crippen LogP contribution in [0.3, 0.4) is 0 Å². The fourth-order valence-electron chi connectivity index (χ4n) is 2.18. The van der Waals surface area contributed by atoms with Crippen LogP contribution in [0.4, 0.5) is 0 Å². The van der Waals surface area contributed by atoms with Crippen molar-refractivity contribution in [2.24, 2.45) is 0 Å². The maximum Gasteiger partial charge on any atom is 0.210 e. The highest BCUT2D eigenvalue weighted by atomic mass is 35.5. The Morgan fingerprint density at radius 1 is 1.47 bits per heavy atom. The molecule has 0 saturated heterocycles. The van der Waals surface area contributed by atoms with E-state index < -0.39 is 0 Å². The molecule has 0 saturated carbocycles. The fraction of sp³-hybridized carbons (Fsp3) is 0.214. The standard InChI is InChI=1S/C14H11ClO3S/c1-17-11-3-5-19-14(11)12(16)10-7-9(15)6-8-2-4-18-13(8)10/h3,5-7H,2,4H2,1H3. The van der Waals surface area contributed by atoms with Crippen LogP contribution in [0.25, 0.3) is 0 Å². The number of ether oxygens (including phenoxy) is 2. The third-order valence-corrected chi connectivity index (χ3v) is 4.16. The zero-order valence-electron chi connectivity index (χ0n) is 10.2. The van der Waals surface area contributed by atoms with Crippen molar-refractivity contribution in [1.82, 2.24) is 0 Å². The van der Waals surface area contributed by atoms with E-state index in [1.165, 1.54) is 11.3 Å². The first kappa shape index (κ1) is 12.5. The lowest BCUT2D eigenvalue weighted by Gasteiger charge is -2.08. The third kappa shape index (κ3) is 2.11. The molecule has 0 unspecified atom stereocenters. The molecule has 0 atom stereocenters. The van der Waals surface area contributed by atoms with E-state index in [4.69, 9.17) is 21.1 Å². The van der Waals surface area contributed by atoms with Crippen LogP contribution in [0.2, 0.25) is 5.02 Å². The molecule has 2 aromatic rings. The van der Waals surface area contributed by atoms with Gasteiger partial charge in [-0.3, -0.25) is 4.79 Å². The van der Waals surface area contributed by atoms with Crippen molar-refractivity contribution < 1.29 is 14.3 Å². The highest BCUT2D eigenvalue weighted by Crippen LogP contribution is 2.36. The van der Waals surface area contributed by atoms with Crippen LogP contribution in [0, 0.1) is 0 Å². The number of hydrogen-bond acceptors (Lipinski definition) is 4. The van der Waals surface area contributed by atoms with Gasteiger partial charge in [-0.1, -0.05) is 11.6 Å². The van der Waals surface area contributed by atoms with Crippen molar-refractivity contribution in [2.75, 3.05) is 13.7 Å². The average Bonchev–Trinajstić information content (AvgIpc) is 3.04. The molecule has 3 nitrogen and oxygen atoms in total. The van der Waals surface area contributed by atoms with E-state index in [1.807, 2.05) is 11.4 Å². The summed E-state index contributed by atoms with van der Waals surface area (Å²) in [6, 6.07) is 5.29. The molecule has 1 aromatic carbocycles. The molecule has 98 valence electrons. The quantitative estimate of drug-likeness (QED) is 0.812. The van der Waals surface area contributed by atoms with Crippen molar-refractivity contribution >= 4 is 28.7 Å². The Bertz CT molecular complexity index is 648. The first-order chi connectivity index (χ1) is 9.20. The van der Waals surface area contributed by atoms with E-state index in [1.54, 1.807) is 19.2 Å². The van der Waals surface area contributed by atoms with Gasteiger partial charge in [-0.2, -0.15) is 0 Å². The van der Waals surface area contributed by atoms with E-state index in [9.17, 15) is 4.79 Å². The van der Waals surface area contributed by atoms with Crippen LogP contribution < -0.4 is 9.47 Å². The number of hydrogen-bond donors (Lipinski definition) is 0. The molecule has 0 spiro atoms. The summed E-state index contributed by atoms with van der Waals surface area (Å²) in [5.74, 6) is 1.14. The Labute approximate surface area is 119 Å². The maximum atomic E-state index is 12.6. The molecule has 1 aliphatic heterocycles. The maximum absolute atomic E-state index is 12.6. The van der Waals surface area contributed by atoms with Gasteiger partial charge in [0.05, 0.1) is 19.3 Å². The second-order valence-corrected chi connectivity index (χ2v) is 5.54. The number of carbonyl (C=O) groups is 1. The van der Waals surface area contributed by atoms with Crippen molar-refractivity contribution in [3.05, 3.63) is 44.6 Å². The van der Waals surface area contributed by atoms with Gasteiger partial charge >= 0.3 is 0 Å². The van der Waals surface area contributed by atoms with E-state index in [0.717, 1.165) is 12.0 Å². The molecule has 0 aliphatic carbocycles. The predicted molar refractivity (Wildman–Crippen MR) is 75.0 cm³/mol. The molecule has 2 heterocycles. The van der Waals surface area contributed by atoms with E-state index in [-0.39, 0.29) is 5.78 Å². The molecule has 0 amide bonds. The molecule has 1 aliphatic rings. The minimum atomic E-state index is -0.104. The average molecular weight is 295 g/mol. The minimum Gasteiger partial charge on any atom is -0.495 e. The van der Waals surface area contributed by atoms with Crippen LogP contribution in [-0.4, -0.2) is 19.5 Å². The molecule has 3 rings (SSSR count). The SMILES string of the molecule is COc1ccsc1C(=O)c1cc(Cl)cc2c1OCC2. The first-order valence-corrected chi connectivity index (χ1v) is 7.08. The van der Waals surface area contributed by atoms with Gasteiger partial charge in [-0.05, 0) is 29.1 Å². The van der Waals surface area contributed by atoms with Crippen molar-refractivity contribution in [3.63, 3.8) is 0 Å². The normalized spacial score (nSPS) is 12.9. The summed E-state index contributed by atoms with van der Waals surface area (Å²) in [6.07, 6.45) is 0.789. The summed E-state index contributed by atoms with van der Waals surface area (Å²) < 4.78 is 10.8. The van der Waals surface area contributed by atoms with Gasteiger partial charge in [0.15, 0.2) is 0 Å². The van der Waals surface area contributed by atoms with Gasteiger partial charge < -0.3 is 9.47 Å². The number of methoxy groups -OCH3 is 1. The van der Waals surface area contributed by atoms with Gasteiger partial charge in [0.1, 0.15) is 16.4 Å². The van der Waals surface area contributed by atoms with Crippen LogP contribution in [0.1, 0.15) is 20.8 Å². The predicted octanol–water partition coefficient (Wildman–Crippen LogP) is 3.58. The highest BCUT2D eigenvalue weighted by Gasteiger charge is 2.25. The molecule has 5 heteroatoms. The lowest BCUT2D eigenvalue weighted by Crippen LogP contribution is -2.03. The summed E-state index contributed by atoms with van der Waals surface area (Å²) in [5.41, 5.74) is 1.51. The van der Waals surface area contributed by atoms with Gasteiger partial charge in [-0.25, -0.2) is 0 Å². The monoisotopic (exact) mass is 294 g/mol. The van der Waals surface area contributed by atoms with Crippen molar-refractivity contribution in [1.29, 1.82) is 0 Å². The molecule has 0 bridgehead atoms. The lowest BCUT2D eigenvalue weighted by molar-refractivity contribution is 0.103. The summed E-state index contributed by atoms with van der Waals surface area (Å²) in [6.45, 7) is 0.595.